The van der Waals surface area contributed by atoms with Crippen molar-refractivity contribution in [3.05, 3.63) is 96.1 Å². The Morgan fingerprint density at radius 2 is 1.51 bits per heavy atom. The van der Waals surface area contributed by atoms with Crippen LogP contribution in [0.5, 0.6) is 0 Å². The summed E-state index contributed by atoms with van der Waals surface area (Å²) in [7, 11) is -3.98. The van der Waals surface area contributed by atoms with E-state index in [1.807, 2.05) is 71.6 Å². The second-order valence-electron chi connectivity index (χ2n) is 9.69. The molecule has 214 valence electrons. The maximum absolute atomic E-state index is 12.3. The van der Waals surface area contributed by atoms with Gasteiger partial charge in [-0.3, -0.25) is 9.78 Å². The van der Waals surface area contributed by atoms with Gasteiger partial charge in [0.25, 0.3) is 15.9 Å². The standard InChI is InChI=1S/C31H33ClN4O4S/c1-23(2)36(19-9-10-20-40-22-29(37)35-41(38,39)27-17-15-26(32)16-18-27)28-21-33-30(24-11-5-3-6-12-24)31(34-28)25-13-7-4-8-14-25/h3-8,11-18,21,23H,9-10,19-20,22H2,1-2H3,(H,35,37). The highest BCUT2D eigenvalue weighted by molar-refractivity contribution is 7.90. The van der Waals surface area contributed by atoms with Crippen molar-refractivity contribution in [2.45, 2.75) is 37.6 Å². The van der Waals surface area contributed by atoms with E-state index in [1.54, 1.807) is 0 Å². The maximum atomic E-state index is 12.3. The number of nitrogens with one attached hydrogen (secondary N) is 1. The molecule has 0 atom stereocenters. The number of aromatic nitrogens is 2. The predicted molar refractivity (Wildman–Crippen MR) is 162 cm³/mol. The van der Waals surface area contributed by atoms with Gasteiger partial charge < -0.3 is 9.64 Å². The fourth-order valence-electron chi connectivity index (χ4n) is 4.26. The molecule has 0 aliphatic heterocycles. The Kier molecular flexibility index (Phi) is 10.5. The van der Waals surface area contributed by atoms with E-state index in [0.717, 1.165) is 34.8 Å². The molecule has 0 aliphatic rings. The van der Waals surface area contributed by atoms with Gasteiger partial charge in [-0.15, -0.1) is 0 Å². The second-order valence-corrected chi connectivity index (χ2v) is 11.8. The molecule has 0 radical (unpaired) electrons. The fraction of sp³-hybridized carbons (Fsp3) is 0.258. The van der Waals surface area contributed by atoms with E-state index < -0.39 is 15.9 Å². The molecule has 8 nitrogen and oxygen atoms in total. The zero-order valence-electron chi connectivity index (χ0n) is 23.0. The molecule has 0 fully saturated rings. The maximum Gasteiger partial charge on any atom is 0.264 e. The first-order valence-corrected chi connectivity index (χ1v) is 15.2. The number of unbranched alkanes of at least 4 members (excludes halogenated alkanes) is 1. The van der Waals surface area contributed by atoms with Crippen LogP contribution in [-0.4, -0.2) is 50.1 Å². The molecule has 4 rings (SSSR count). The van der Waals surface area contributed by atoms with E-state index in [1.165, 1.54) is 24.3 Å². The second kappa shape index (κ2) is 14.2. The number of carbonyl (C=O) groups is 1. The zero-order chi connectivity index (χ0) is 29.2. The summed E-state index contributed by atoms with van der Waals surface area (Å²) in [6.07, 6.45) is 3.28. The van der Waals surface area contributed by atoms with Gasteiger partial charge in [0.05, 0.1) is 22.5 Å². The van der Waals surface area contributed by atoms with Crippen molar-refractivity contribution in [3.8, 4) is 22.5 Å². The smallest absolute Gasteiger partial charge is 0.264 e. The van der Waals surface area contributed by atoms with Gasteiger partial charge in [-0.1, -0.05) is 72.3 Å². The Balaban J connectivity index is 1.33. The van der Waals surface area contributed by atoms with Crippen molar-refractivity contribution in [2.75, 3.05) is 24.7 Å². The van der Waals surface area contributed by atoms with Crippen molar-refractivity contribution in [3.63, 3.8) is 0 Å². The monoisotopic (exact) mass is 592 g/mol. The van der Waals surface area contributed by atoms with E-state index >= 15 is 0 Å². The van der Waals surface area contributed by atoms with Crippen LogP contribution in [0.1, 0.15) is 26.7 Å². The third-order valence-electron chi connectivity index (χ3n) is 6.31. The Labute approximate surface area is 246 Å². The lowest BCUT2D eigenvalue weighted by molar-refractivity contribution is -0.123. The van der Waals surface area contributed by atoms with Crippen LogP contribution in [0.3, 0.4) is 0 Å². The number of halogens is 1. The quantitative estimate of drug-likeness (QED) is 0.191. The molecule has 1 heterocycles. The molecule has 0 aliphatic carbocycles. The first-order valence-electron chi connectivity index (χ1n) is 13.4. The van der Waals surface area contributed by atoms with Gasteiger partial charge in [0.2, 0.25) is 0 Å². The van der Waals surface area contributed by atoms with Crippen LogP contribution < -0.4 is 9.62 Å². The molecular weight excluding hydrogens is 560 g/mol. The van der Waals surface area contributed by atoms with Crippen LogP contribution in [0, 0.1) is 0 Å². The molecule has 3 aromatic carbocycles. The Hall–Kier alpha value is -3.79. The largest absolute Gasteiger partial charge is 0.372 e. The van der Waals surface area contributed by atoms with Crippen molar-refractivity contribution in [1.29, 1.82) is 0 Å². The lowest BCUT2D eigenvalue weighted by atomic mass is 10.0. The van der Waals surface area contributed by atoms with Gasteiger partial charge in [-0.25, -0.2) is 18.1 Å². The summed E-state index contributed by atoms with van der Waals surface area (Å²) in [4.78, 5) is 24.2. The van der Waals surface area contributed by atoms with Crippen LogP contribution in [-0.2, 0) is 19.6 Å². The Bertz CT molecular complexity index is 1530. The molecular formula is C31H33ClN4O4S. The normalized spacial score (nSPS) is 11.4. The van der Waals surface area contributed by atoms with Crippen LogP contribution in [0.2, 0.25) is 5.02 Å². The van der Waals surface area contributed by atoms with Gasteiger partial charge >= 0.3 is 0 Å². The summed E-state index contributed by atoms with van der Waals surface area (Å²) >= 11 is 5.80. The lowest BCUT2D eigenvalue weighted by Crippen LogP contribution is -2.34. The minimum atomic E-state index is -3.98. The SMILES string of the molecule is CC(C)N(CCCCOCC(=O)NS(=O)(=O)c1ccc(Cl)cc1)c1cnc(-c2ccccc2)c(-c2ccccc2)n1. The van der Waals surface area contributed by atoms with E-state index in [2.05, 4.69) is 18.7 Å². The molecule has 0 saturated heterocycles. The molecule has 4 aromatic rings. The number of sulfonamides is 1. The third kappa shape index (κ3) is 8.36. The number of nitrogens with zero attached hydrogens (tertiary/aromatic N) is 3. The van der Waals surface area contributed by atoms with Gasteiger partial charge in [0, 0.05) is 35.3 Å². The molecule has 41 heavy (non-hydrogen) atoms. The highest BCUT2D eigenvalue weighted by atomic mass is 35.5. The van der Waals surface area contributed by atoms with Gasteiger partial charge in [0.1, 0.15) is 12.4 Å². The first-order chi connectivity index (χ1) is 19.7. The van der Waals surface area contributed by atoms with E-state index in [0.29, 0.717) is 24.6 Å². The topological polar surface area (TPSA) is 101 Å². The van der Waals surface area contributed by atoms with Crippen LogP contribution in [0.4, 0.5) is 5.82 Å². The number of amides is 1. The minimum absolute atomic E-state index is 0.0423. The average molecular weight is 593 g/mol. The average Bonchev–Trinajstić information content (AvgIpc) is 2.97. The van der Waals surface area contributed by atoms with Crippen LogP contribution >= 0.6 is 11.6 Å². The summed E-state index contributed by atoms with van der Waals surface area (Å²) in [5, 5.41) is 0.405. The molecule has 0 unspecified atom stereocenters. The number of ether oxygens (including phenoxy) is 1. The molecule has 0 spiro atoms. The lowest BCUT2D eigenvalue weighted by Gasteiger charge is -2.28. The molecule has 1 aromatic heterocycles. The predicted octanol–water partition coefficient (Wildman–Crippen LogP) is 5.98. The van der Waals surface area contributed by atoms with Gasteiger partial charge in [-0.05, 0) is 51.0 Å². The molecule has 1 N–H and O–H groups in total. The highest BCUT2D eigenvalue weighted by Gasteiger charge is 2.19. The molecule has 10 heteroatoms. The minimum Gasteiger partial charge on any atom is -0.372 e. The molecule has 1 amide bonds. The van der Waals surface area contributed by atoms with Crippen molar-refractivity contribution >= 4 is 33.3 Å². The molecule has 0 bridgehead atoms. The number of hydrogen-bond acceptors (Lipinski definition) is 7. The van der Waals surface area contributed by atoms with Crippen molar-refractivity contribution < 1.29 is 17.9 Å². The van der Waals surface area contributed by atoms with Crippen molar-refractivity contribution in [2.24, 2.45) is 0 Å². The zero-order valence-corrected chi connectivity index (χ0v) is 24.6. The van der Waals surface area contributed by atoms with Gasteiger partial charge in [0.15, 0.2) is 0 Å². The van der Waals surface area contributed by atoms with E-state index in [-0.39, 0.29) is 17.5 Å². The van der Waals surface area contributed by atoms with Crippen LogP contribution in [0.15, 0.2) is 96.0 Å². The van der Waals surface area contributed by atoms with Crippen molar-refractivity contribution in [1.82, 2.24) is 14.7 Å². The fourth-order valence-corrected chi connectivity index (χ4v) is 5.36. The molecule has 0 saturated carbocycles. The van der Waals surface area contributed by atoms with Gasteiger partial charge in [-0.2, -0.15) is 0 Å². The number of carbonyl (C=O) groups excluding carboxylic acids is 1. The van der Waals surface area contributed by atoms with E-state index in [9.17, 15) is 13.2 Å². The number of benzene rings is 3. The summed E-state index contributed by atoms with van der Waals surface area (Å²) < 4.78 is 32.1. The number of rotatable bonds is 13. The highest BCUT2D eigenvalue weighted by Crippen LogP contribution is 2.31. The summed E-state index contributed by atoms with van der Waals surface area (Å²) in [5.74, 6) is 0.0530. The summed E-state index contributed by atoms with van der Waals surface area (Å²) in [5.41, 5.74) is 3.65. The first kappa shape index (κ1) is 30.2. The number of anilines is 1. The van der Waals surface area contributed by atoms with E-state index in [4.69, 9.17) is 26.3 Å². The third-order valence-corrected chi connectivity index (χ3v) is 7.96. The number of hydrogen-bond donors (Lipinski definition) is 1. The summed E-state index contributed by atoms with van der Waals surface area (Å²) in [6.45, 7) is 4.89. The Morgan fingerprint density at radius 3 is 2.12 bits per heavy atom. The Morgan fingerprint density at radius 1 is 0.902 bits per heavy atom. The van der Waals surface area contributed by atoms with Crippen LogP contribution in [0.25, 0.3) is 22.5 Å². The summed E-state index contributed by atoms with van der Waals surface area (Å²) in [6, 6.07) is 25.8.